The van der Waals surface area contributed by atoms with Crippen LogP contribution in [0, 0.1) is 0 Å². The van der Waals surface area contributed by atoms with Gasteiger partial charge in [-0.2, -0.15) is 0 Å². The molecule has 1 N–H and O–H groups in total. The second-order valence-electron chi connectivity index (χ2n) is 6.27. The molecule has 4 heteroatoms. The summed E-state index contributed by atoms with van der Waals surface area (Å²) in [4.78, 5) is 0. The maximum absolute atomic E-state index is 10.5. The van der Waals surface area contributed by atoms with Gasteiger partial charge < -0.3 is 14.6 Å². The van der Waals surface area contributed by atoms with Crippen LogP contribution in [0.4, 0.5) is 0 Å². The van der Waals surface area contributed by atoms with Crippen LogP contribution in [0.1, 0.15) is 51.2 Å². The Bertz CT molecular complexity index is 518. The summed E-state index contributed by atoms with van der Waals surface area (Å²) in [7, 11) is 0. The molecule has 1 aromatic carbocycles. The van der Waals surface area contributed by atoms with E-state index in [-0.39, 0.29) is 11.2 Å². The normalized spacial score (nSPS) is 36.5. The van der Waals surface area contributed by atoms with Crippen molar-refractivity contribution in [2.45, 2.75) is 56.8 Å². The Balaban J connectivity index is 1.92. The van der Waals surface area contributed by atoms with Gasteiger partial charge in [0.2, 0.25) is 0 Å². The highest BCUT2D eigenvalue weighted by atomic mass is 35.5. The van der Waals surface area contributed by atoms with E-state index >= 15 is 0 Å². The lowest BCUT2D eigenvalue weighted by Gasteiger charge is -2.49. The van der Waals surface area contributed by atoms with Crippen molar-refractivity contribution in [3.63, 3.8) is 0 Å². The summed E-state index contributed by atoms with van der Waals surface area (Å²) in [5.74, 6) is 0.758. The van der Waals surface area contributed by atoms with Crippen LogP contribution in [0.15, 0.2) is 18.2 Å². The predicted molar refractivity (Wildman–Crippen MR) is 78.3 cm³/mol. The molecule has 0 radical (unpaired) electrons. The van der Waals surface area contributed by atoms with Crippen molar-refractivity contribution in [1.29, 1.82) is 0 Å². The molecule has 1 aromatic rings. The third kappa shape index (κ3) is 2.43. The van der Waals surface area contributed by atoms with Crippen LogP contribution in [0.3, 0.4) is 0 Å². The summed E-state index contributed by atoms with van der Waals surface area (Å²) in [5.41, 5.74) is 0.318. The SMILES string of the molecule is CCC1(C)CC2(CCO1)CC(O)c1cc(Cl)ccc1O2. The summed E-state index contributed by atoms with van der Waals surface area (Å²) in [6.07, 6.45) is 2.68. The second kappa shape index (κ2) is 4.90. The smallest absolute Gasteiger partial charge is 0.126 e. The van der Waals surface area contributed by atoms with Crippen LogP contribution in [-0.2, 0) is 4.74 Å². The quantitative estimate of drug-likeness (QED) is 0.855. The van der Waals surface area contributed by atoms with E-state index in [4.69, 9.17) is 21.1 Å². The van der Waals surface area contributed by atoms with Crippen molar-refractivity contribution in [2.24, 2.45) is 0 Å². The van der Waals surface area contributed by atoms with E-state index in [0.717, 1.165) is 30.6 Å². The molecule has 1 saturated heterocycles. The Kier molecular flexibility index (Phi) is 3.47. The number of hydrogen-bond acceptors (Lipinski definition) is 3. The van der Waals surface area contributed by atoms with Crippen molar-refractivity contribution in [3.8, 4) is 5.75 Å². The van der Waals surface area contributed by atoms with Crippen molar-refractivity contribution >= 4 is 11.6 Å². The number of hydrogen-bond donors (Lipinski definition) is 1. The lowest BCUT2D eigenvalue weighted by Crippen LogP contribution is -2.52. The van der Waals surface area contributed by atoms with E-state index in [9.17, 15) is 5.11 Å². The molecular weight excluding hydrogens is 276 g/mol. The van der Waals surface area contributed by atoms with Gasteiger partial charge in [-0.3, -0.25) is 0 Å². The van der Waals surface area contributed by atoms with E-state index in [2.05, 4.69) is 13.8 Å². The maximum atomic E-state index is 10.5. The molecule has 0 amide bonds. The van der Waals surface area contributed by atoms with E-state index in [0.29, 0.717) is 18.1 Å². The van der Waals surface area contributed by atoms with E-state index < -0.39 is 6.10 Å². The average Bonchev–Trinajstić information content (AvgIpc) is 2.40. The molecule has 2 heterocycles. The van der Waals surface area contributed by atoms with Gasteiger partial charge in [-0.1, -0.05) is 18.5 Å². The van der Waals surface area contributed by atoms with Crippen molar-refractivity contribution < 1.29 is 14.6 Å². The van der Waals surface area contributed by atoms with E-state index in [1.165, 1.54) is 0 Å². The molecule has 110 valence electrons. The number of benzene rings is 1. The minimum atomic E-state index is -0.517. The Morgan fingerprint density at radius 3 is 3.00 bits per heavy atom. The van der Waals surface area contributed by atoms with Gasteiger partial charge in [0.25, 0.3) is 0 Å². The highest BCUT2D eigenvalue weighted by Gasteiger charge is 2.48. The van der Waals surface area contributed by atoms with Crippen molar-refractivity contribution in [2.75, 3.05) is 6.61 Å². The van der Waals surface area contributed by atoms with Gasteiger partial charge in [0.1, 0.15) is 11.4 Å². The van der Waals surface area contributed by atoms with Gasteiger partial charge in [-0.05, 0) is 31.5 Å². The first kappa shape index (κ1) is 14.2. The Hall–Kier alpha value is -0.770. The van der Waals surface area contributed by atoms with Crippen molar-refractivity contribution in [3.05, 3.63) is 28.8 Å². The van der Waals surface area contributed by atoms with Gasteiger partial charge in [-0.25, -0.2) is 0 Å². The zero-order valence-electron chi connectivity index (χ0n) is 12.0. The molecule has 1 fully saturated rings. The number of aliphatic hydroxyl groups is 1. The first-order chi connectivity index (χ1) is 9.45. The monoisotopic (exact) mass is 296 g/mol. The molecule has 20 heavy (non-hydrogen) atoms. The van der Waals surface area contributed by atoms with Gasteiger partial charge >= 0.3 is 0 Å². The molecule has 0 saturated carbocycles. The number of rotatable bonds is 1. The Labute approximate surface area is 124 Å². The fourth-order valence-electron chi connectivity index (χ4n) is 3.40. The molecule has 0 aliphatic carbocycles. The van der Waals surface area contributed by atoms with E-state index in [1.54, 1.807) is 6.07 Å². The van der Waals surface area contributed by atoms with Crippen LogP contribution >= 0.6 is 11.6 Å². The zero-order chi connectivity index (χ0) is 14.4. The summed E-state index contributed by atoms with van der Waals surface area (Å²) < 4.78 is 12.2. The van der Waals surface area contributed by atoms with Gasteiger partial charge in [0.05, 0.1) is 18.3 Å². The molecule has 3 atom stereocenters. The first-order valence-corrected chi connectivity index (χ1v) is 7.64. The molecule has 0 bridgehead atoms. The highest BCUT2D eigenvalue weighted by Crippen LogP contribution is 2.48. The maximum Gasteiger partial charge on any atom is 0.126 e. The molecule has 3 nitrogen and oxygen atoms in total. The number of fused-ring (bicyclic) bond motifs is 1. The number of ether oxygens (including phenoxy) is 2. The van der Waals surface area contributed by atoms with Crippen LogP contribution in [0.5, 0.6) is 5.75 Å². The molecule has 0 aromatic heterocycles. The van der Waals surface area contributed by atoms with Crippen LogP contribution in [-0.4, -0.2) is 22.9 Å². The third-order valence-electron chi connectivity index (χ3n) is 4.67. The summed E-state index contributed by atoms with van der Waals surface area (Å²) in [6, 6.07) is 5.47. The van der Waals surface area contributed by atoms with Gasteiger partial charge in [0, 0.05) is 29.8 Å². The van der Waals surface area contributed by atoms with Crippen molar-refractivity contribution in [1.82, 2.24) is 0 Å². The fourth-order valence-corrected chi connectivity index (χ4v) is 3.58. The molecule has 3 rings (SSSR count). The van der Waals surface area contributed by atoms with Gasteiger partial charge in [-0.15, -0.1) is 0 Å². The van der Waals surface area contributed by atoms with E-state index in [1.807, 2.05) is 12.1 Å². The lowest BCUT2D eigenvalue weighted by molar-refractivity contribution is -0.160. The highest BCUT2D eigenvalue weighted by molar-refractivity contribution is 6.30. The third-order valence-corrected chi connectivity index (χ3v) is 4.91. The van der Waals surface area contributed by atoms with Crippen LogP contribution < -0.4 is 4.74 Å². The molecule has 3 unspecified atom stereocenters. The van der Waals surface area contributed by atoms with Crippen LogP contribution in [0.2, 0.25) is 5.02 Å². The first-order valence-electron chi connectivity index (χ1n) is 7.26. The average molecular weight is 297 g/mol. The Morgan fingerprint density at radius 2 is 2.25 bits per heavy atom. The number of aliphatic hydroxyl groups excluding tert-OH is 1. The van der Waals surface area contributed by atoms with Gasteiger partial charge in [0.15, 0.2) is 0 Å². The predicted octanol–water partition coefficient (Wildman–Crippen LogP) is 3.87. The summed E-state index contributed by atoms with van der Waals surface area (Å²) in [5, 5.41) is 11.1. The van der Waals surface area contributed by atoms with Crippen LogP contribution in [0.25, 0.3) is 0 Å². The fraction of sp³-hybridized carbons (Fsp3) is 0.625. The molecule has 2 aliphatic rings. The lowest BCUT2D eigenvalue weighted by atomic mass is 9.76. The number of halogens is 1. The molecule has 2 aliphatic heterocycles. The Morgan fingerprint density at radius 1 is 1.45 bits per heavy atom. The largest absolute Gasteiger partial charge is 0.487 e. The second-order valence-corrected chi connectivity index (χ2v) is 6.70. The minimum absolute atomic E-state index is 0.165. The zero-order valence-corrected chi connectivity index (χ0v) is 12.7. The summed E-state index contributed by atoms with van der Waals surface area (Å²) in [6.45, 7) is 4.94. The molecular formula is C16H21ClO3. The molecule has 1 spiro atoms. The topological polar surface area (TPSA) is 38.7 Å². The summed E-state index contributed by atoms with van der Waals surface area (Å²) >= 11 is 6.00. The standard InChI is InChI=1S/C16H21ClO3/c1-3-15(2)10-16(6-7-19-15)9-13(18)12-8-11(17)4-5-14(12)20-16/h4-5,8,13,18H,3,6-7,9-10H2,1-2H3. The minimum Gasteiger partial charge on any atom is -0.487 e.